The van der Waals surface area contributed by atoms with Gasteiger partial charge in [-0.2, -0.15) is 0 Å². The first-order chi connectivity index (χ1) is 24.6. The van der Waals surface area contributed by atoms with Crippen LogP contribution in [0.3, 0.4) is 0 Å². The Hall–Kier alpha value is -6.66. The SMILES string of the molecule is Cc1nc(C)nc(-c2ccc(-c3ccccc3-c3ccccc3-c3ccc(-c4nc(-c5ccccc5)nc(-c5ccccc5)n4)cc3)cc2)n1. The summed E-state index contributed by atoms with van der Waals surface area (Å²) < 4.78 is 0. The highest BCUT2D eigenvalue weighted by atomic mass is 15.0. The van der Waals surface area contributed by atoms with Gasteiger partial charge in [0.25, 0.3) is 0 Å². The van der Waals surface area contributed by atoms with E-state index in [1.807, 2.05) is 74.5 Å². The Morgan fingerprint density at radius 3 is 0.900 bits per heavy atom. The number of aromatic nitrogens is 6. The maximum atomic E-state index is 4.91. The molecule has 0 N–H and O–H groups in total. The molecule has 0 saturated heterocycles. The van der Waals surface area contributed by atoms with Gasteiger partial charge in [0.2, 0.25) is 0 Å². The van der Waals surface area contributed by atoms with Crippen molar-refractivity contribution in [3.05, 3.63) is 169 Å². The van der Waals surface area contributed by atoms with E-state index in [1.54, 1.807) is 0 Å². The van der Waals surface area contributed by atoms with Gasteiger partial charge in [-0.05, 0) is 47.2 Å². The summed E-state index contributed by atoms with van der Waals surface area (Å²) >= 11 is 0. The van der Waals surface area contributed by atoms with Gasteiger partial charge >= 0.3 is 0 Å². The van der Waals surface area contributed by atoms with E-state index in [9.17, 15) is 0 Å². The summed E-state index contributed by atoms with van der Waals surface area (Å²) in [4.78, 5) is 28.1. The van der Waals surface area contributed by atoms with Gasteiger partial charge in [0.05, 0.1) is 0 Å². The molecule has 0 fully saturated rings. The topological polar surface area (TPSA) is 77.3 Å². The zero-order valence-corrected chi connectivity index (χ0v) is 27.7. The van der Waals surface area contributed by atoms with Crippen LogP contribution in [0.1, 0.15) is 11.6 Å². The Kier molecular flexibility index (Phi) is 8.25. The fraction of sp³-hybridized carbons (Fsp3) is 0.0455. The quantitative estimate of drug-likeness (QED) is 0.172. The summed E-state index contributed by atoms with van der Waals surface area (Å²) in [6, 6.07) is 54.1. The van der Waals surface area contributed by atoms with Crippen LogP contribution in [0.5, 0.6) is 0 Å². The first-order valence-electron chi connectivity index (χ1n) is 16.6. The molecule has 8 aromatic rings. The fourth-order valence-electron chi connectivity index (χ4n) is 6.22. The summed E-state index contributed by atoms with van der Waals surface area (Å²) in [6.45, 7) is 3.79. The van der Waals surface area contributed by atoms with Gasteiger partial charge in [-0.3, -0.25) is 0 Å². The Morgan fingerprint density at radius 2 is 0.520 bits per heavy atom. The van der Waals surface area contributed by atoms with E-state index in [0.29, 0.717) is 34.9 Å². The second kappa shape index (κ2) is 13.5. The molecule has 238 valence electrons. The average molecular weight is 645 g/mol. The minimum atomic E-state index is 0.633. The second-order valence-electron chi connectivity index (χ2n) is 12.0. The molecule has 2 heterocycles. The third-order valence-electron chi connectivity index (χ3n) is 8.61. The van der Waals surface area contributed by atoms with Gasteiger partial charge in [0, 0.05) is 22.3 Å². The number of hydrogen-bond acceptors (Lipinski definition) is 6. The molecule has 6 nitrogen and oxygen atoms in total. The van der Waals surface area contributed by atoms with Crippen LogP contribution in [0.2, 0.25) is 0 Å². The van der Waals surface area contributed by atoms with Crippen molar-refractivity contribution in [3.63, 3.8) is 0 Å². The summed E-state index contributed by atoms with van der Waals surface area (Å²) in [7, 11) is 0. The number of hydrogen-bond donors (Lipinski definition) is 0. The molecule has 0 aliphatic rings. The third-order valence-corrected chi connectivity index (χ3v) is 8.61. The molecule has 6 aromatic carbocycles. The Bertz CT molecular complexity index is 2350. The summed E-state index contributed by atoms with van der Waals surface area (Å²) in [5, 5.41) is 0. The lowest BCUT2D eigenvalue weighted by Gasteiger charge is -2.15. The Balaban J connectivity index is 1.15. The van der Waals surface area contributed by atoms with Crippen LogP contribution in [-0.4, -0.2) is 29.9 Å². The van der Waals surface area contributed by atoms with Crippen molar-refractivity contribution in [1.29, 1.82) is 0 Å². The zero-order valence-electron chi connectivity index (χ0n) is 27.7. The van der Waals surface area contributed by atoms with Crippen LogP contribution in [0.25, 0.3) is 78.9 Å². The van der Waals surface area contributed by atoms with Gasteiger partial charge in [-0.15, -0.1) is 0 Å². The summed E-state index contributed by atoms with van der Waals surface area (Å²) in [6.07, 6.45) is 0. The van der Waals surface area contributed by atoms with E-state index in [1.165, 1.54) is 0 Å². The second-order valence-corrected chi connectivity index (χ2v) is 12.0. The highest BCUT2D eigenvalue weighted by molar-refractivity contribution is 5.92. The highest BCUT2D eigenvalue weighted by Gasteiger charge is 2.15. The third kappa shape index (κ3) is 6.30. The van der Waals surface area contributed by atoms with Crippen LogP contribution in [0.15, 0.2) is 158 Å². The molecule has 0 unspecified atom stereocenters. The lowest BCUT2D eigenvalue weighted by molar-refractivity contribution is 0.928. The van der Waals surface area contributed by atoms with Crippen LogP contribution >= 0.6 is 0 Å². The van der Waals surface area contributed by atoms with Crippen LogP contribution in [0.4, 0.5) is 0 Å². The number of nitrogens with zero attached hydrogens (tertiary/aromatic N) is 6. The van der Waals surface area contributed by atoms with Crippen molar-refractivity contribution in [1.82, 2.24) is 29.9 Å². The molecule has 6 heteroatoms. The lowest BCUT2D eigenvalue weighted by Crippen LogP contribution is -2.00. The smallest absolute Gasteiger partial charge is 0.164 e. The van der Waals surface area contributed by atoms with Crippen LogP contribution in [0, 0.1) is 13.8 Å². The summed E-state index contributed by atoms with van der Waals surface area (Å²) in [5.74, 6) is 4.05. The molecule has 50 heavy (non-hydrogen) atoms. The molecule has 0 bridgehead atoms. The maximum Gasteiger partial charge on any atom is 0.164 e. The predicted octanol–water partition coefficient (Wildman–Crippen LogP) is 10.3. The van der Waals surface area contributed by atoms with E-state index in [0.717, 1.165) is 55.6 Å². The van der Waals surface area contributed by atoms with E-state index in [2.05, 4.69) is 112 Å². The number of benzene rings is 6. The monoisotopic (exact) mass is 644 g/mol. The number of rotatable bonds is 7. The standard InChI is InChI=1S/C44H32N6/c1-29-45-30(2)47-41(46-29)35-25-21-31(22-26-35)37-17-9-11-19-39(37)40-20-12-10-18-38(40)32-23-27-36(28-24-32)44-49-42(33-13-5-3-6-14-33)48-43(50-44)34-15-7-4-8-16-34/h3-28H,1-2H3. The van der Waals surface area contributed by atoms with Crippen molar-refractivity contribution in [2.45, 2.75) is 13.8 Å². The van der Waals surface area contributed by atoms with Crippen molar-refractivity contribution in [2.75, 3.05) is 0 Å². The van der Waals surface area contributed by atoms with Crippen LogP contribution < -0.4 is 0 Å². The summed E-state index contributed by atoms with van der Waals surface area (Å²) in [5.41, 5.74) is 10.6. The normalized spacial score (nSPS) is 11.0. The van der Waals surface area contributed by atoms with Crippen molar-refractivity contribution in [3.8, 4) is 78.9 Å². The Morgan fingerprint density at radius 1 is 0.240 bits per heavy atom. The van der Waals surface area contributed by atoms with E-state index >= 15 is 0 Å². The molecule has 0 spiro atoms. The van der Waals surface area contributed by atoms with Crippen molar-refractivity contribution in [2.24, 2.45) is 0 Å². The molecule has 0 saturated carbocycles. The molecule has 0 aliphatic heterocycles. The zero-order chi connectivity index (χ0) is 33.9. The Labute approximate surface area is 291 Å². The minimum absolute atomic E-state index is 0.633. The van der Waals surface area contributed by atoms with E-state index < -0.39 is 0 Å². The first-order valence-corrected chi connectivity index (χ1v) is 16.6. The van der Waals surface area contributed by atoms with Gasteiger partial charge in [0.1, 0.15) is 11.6 Å². The van der Waals surface area contributed by atoms with E-state index in [4.69, 9.17) is 15.0 Å². The molecular weight excluding hydrogens is 613 g/mol. The van der Waals surface area contributed by atoms with Gasteiger partial charge in [-0.25, -0.2) is 29.9 Å². The predicted molar refractivity (Wildman–Crippen MR) is 201 cm³/mol. The highest BCUT2D eigenvalue weighted by Crippen LogP contribution is 2.39. The molecule has 0 aliphatic carbocycles. The van der Waals surface area contributed by atoms with Crippen molar-refractivity contribution < 1.29 is 0 Å². The molecule has 8 rings (SSSR count). The molecule has 2 aromatic heterocycles. The molecular formula is C44H32N6. The largest absolute Gasteiger partial charge is 0.219 e. The molecule has 0 radical (unpaired) electrons. The minimum Gasteiger partial charge on any atom is -0.219 e. The molecule has 0 atom stereocenters. The average Bonchev–Trinajstić information content (AvgIpc) is 3.18. The van der Waals surface area contributed by atoms with Gasteiger partial charge in [-0.1, -0.05) is 158 Å². The maximum absolute atomic E-state index is 4.91. The van der Waals surface area contributed by atoms with Crippen molar-refractivity contribution >= 4 is 0 Å². The van der Waals surface area contributed by atoms with E-state index in [-0.39, 0.29) is 0 Å². The first kappa shape index (κ1) is 30.7. The fourth-order valence-corrected chi connectivity index (χ4v) is 6.22. The van der Waals surface area contributed by atoms with Gasteiger partial charge < -0.3 is 0 Å². The lowest BCUT2D eigenvalue weighted by atomic mass is 9.89. The number of aryl methyl sites for hydroxylation is 2. The van der Waals surface area contributed by atoms with Crippen LogP contribution in [-0.2, 0) is 0 Å². The molecule has 0 amide bonds. The van der Waals surface area contributed by atoms with Gasteiger partial charge in [0.15, 0.2) is 23.3 Å².